The first-order valence-electron chi connectivity index (χ1n) is 9.21. The van der Waals surface area contributed by atoms with Gasteiger partial charge in [-0.2, -0.15) is 0 Å². The molecule has 1 aromatic carbocycles. The predicted molar refractivity (Wildman–Crippen MR) is 98.7 cm³/mol. The molecule has 0 spiro atoms. The van der Waals surface area contributed by atoms with E-state index in [-0.39, 0.29) is 35.6 Å². The van der Waals surface area contributed by atoms with Gasteiger partial charge in [-0.3, -0.25) is 14.9 Å². The van der Waals surface area contributed by atoms with E-state index in [2.05, 4.69) is 19.2 Å². The van der Waals surface area contributed by atoms with Crippen LogP contribution in [0.1, 0.15) is 50.4 Å². The van der Waals surface area contributed by atoms with Gasteiger partial charge >= 0.3 is 11.7 Å². The molecule has 1 saturated carbocycles. The molecule has 1 amide bonds. The molecule has 0 saturated heterocycles. The zero-order valence-electron chi connectivity index (χ0n) is 15.9. The van der Waals surface area contributed by atoms with Crippen molar-refractivity contribution in [2.45, 2.75) is 46.1 Å². The molecule has 27 heavy (non-hydrogen) atoms. The third kappa shape index (κ3) is 5.42. The van der Waals surface area contributed by atoms with E-state index in [0.29, 0.717) is 11.8 Å². The number of hydrogen-bond acceptors (Lipinski definition) is 6. The minimum Gasteiger partial charge on any atom is -0.487 e. The van der Waals surface area contributed by atoms with Gasteiger partial charge < -0.3 is 14.8 Å². The van der Waals surface area contributed by atoms with Gasteiger partial charge in [0.2, 0.25) is 0 Å². The summed E-state index contributed by atoms with van der Waals surface area (Å²) in [5.74, 6) is -0.170. The number of nitrogens with one attached hydrogen (secondary N) is 1. The summed E-state index contributed by atoms with van der Waals surface area (Å²) >= 11 is 0. The summed E-state index contributed by atoms with van der Waals surface area (Å²) < 4.78 is 10.2. The third-order valence-electron chi connectivity index (χ3n) is 5.08. The quantitative estimate of drug-likeness (QED) is 0.444. The van der Waals surface area contributed by atoms with Crippen LogP contribution in [-0.2, 0) is 9.53 Å². The fourth-order valence-electron chi connectivity index (χ4n) is 3.31. The van der Waals surface area contributed by atoms with Crippen LogP contribution in [0.4, 0.5) is 5.69 Å². The van der Waals surface area contributed by atoms with Gasteiger partial charge in [-0.15, -0.1) is 0 Å². The molecular weight excluding hydrogens is 352 g/mol. The molecule has 1 aromatic rings. The lowest BCUT2D eigenvalue weighted by atomic mass is 9.78. The number of nitro benzene ring substituents is 1. The average molecular weight is 378 g/mol. The van der Waals surface area contributed by atoms with Gasteiger partial charge in [0.05, 0.1) is 17.1 Å². The van der Waals surface area contributed by atoms with Crippen molar-refractivity contribution in [1.29, 1.82) is 0 Å². The number of amides is 1. The Hall–Kier alpha value is -2.64. The summed E-state index contributed by atoms with van der Waals surface area (Å²) in [6, 6.07) is 3.90. The van der Waals surface area contributed by atoms with Crippen molar-refractivity contribution in [3.05, 3.63) is 33.9 Å². The maximum Gasteiger partial charge on any atom is 0.338 e. The number of carbonyl (C=O) groups is 2. The van der Waals surface area contributed by atoms with Gasteiger partial charge in [-0.25, -0.2) is 4.79 Å². The molecule has 1 aliphatic rings. The molecule has 1 fully saturated rings. The molecule has 2 rings (SSSR count). The SMILES string of the molecule is CCOc1ccc(C(=O)OCC(=O)N[C@@H]2CCC[C@H](C)[C@@H]2C)cc1[N+](=O)[O-]. The zero-order chi connectivity index (χ0) is 20.0. The van der Waals surface area contributed by atoms with Crippen LogP contribution in [0.5, 0.6) is 5.75 Å². The minimum atomic E-state index is -0.790. The van der Waals surface area contributed by atoms with Crippen LogP contribution < -0.4 is 10.1 Å². The molecule has 1 aliphatic carbocycles. The van der Waals surface area contributed by atoms with Crippen molar-refractivity contribution in [3.8, 4) is 5.75 Å². The zero-order valence-corrected chi connectivity index (χ0v) is 15.9. The lowest BCUT2D eigenvalue weighted by Crippen LogP contribution is -2.45. The van der Waals surface area contributed by atoms with E-state index >= 15 is 0 Å². The van der Waals surface area contributed by atoms with Crippen LogP contribution in [0, 0.1) is 22.0 Å². The van der Waals surface area contributed by atoms with E-state index in [4.69, 9.17) is 9.47 Å². The molecule has 8 nitrogen and oxygen atoms in total. The summed E-state index contributed by atoms with van der Waals surface area (Å²) in [6.45, 7) is 5.83. The Balaban J connectivity index is 1.94. The smallest absolute Gasteiger partial charge is 0.338 e. The second kappa shape index (κ2) is 9.34. The maximum absolute atomic E-state index is 12.1. The Kier molecular flexibility index (Phi) is 7.15. The van der Waals surface area contributed by atoms with Gasteiger partial charge in [0.25, 0.3) is 5.91 Å². The largest absolute Gasteiger partial charge is 0.487 e. The van der Waals surface area contributed by atoms with E-state index in [1.165, 1.54) is 12.1 Å². The first-order chi connectivity index (χ1) is 12.8. The monoisotopic (exact) mass is 378 g/mol. The normalized spacial score (nSPS) is 22.0. The van der Waals surface area contributed by atoms with Crippen LogP contribution in [0.2, 0.25) is 0 Å². The molecule has 3 atom stereocenters. The average Bonchev–Trinajstić information content (AvgIpc) is 2.64. The van der Waals surface area contributed by atoms with Crippen LogP contribution >= 0.6 is 0 Å². The lowest BCUT2D eigenvalue weighted by molar-refractivity contribution is -0.385. The van der Waals surface area contributed by atoms with Crippen molar-refractivity contribution >= 4 is 17.6 Å². The van der Waals surface area contributed by atoms with E-state index in [1.807, 2.05) is 0 Å². The van der Waals surface area contributed by atoms with E-state index in [1.54, 1.807) is 6.92 Å². The number of nitrogens with zero attached hydrogens (tertiary/aromatic N) is 1. The number of hydrogen-bond donors (Lipinski definition) is 1. The summed E-state index contributed by atoms with van der Waals surface area (Å²) in [5, 5.41) is 14.0. The van der Waals surface area contributed by atoms with Gasteiger partial charge in [0.15, 0.2) is 12.4 Å². The first-order valence-corrected chi connectivity index (χ1v) is 9.21. The Morgan fingerprint density at radius 2 is 2.04 bits per heavy atom. The Morgan fingerprint density at radius 3 is 2.70 bits per heavy atom. The van der Waals surface area contributed by atoms with Crippen LogP contribution in [-0.4, -0.2) is 36.1 Å². The highest BCUT2D eigenvalue weighted by Crippen LogP contribution is 2.30. The predicted octanol–water partition coefficient (Wildman–Crippen LogP) is 3.09. The molecule has 0 radical (unpaired) electrons. The number of rotatable bonds is 7. The number of benzene rings is 1. The molecule has 0 bridgehead atoms. The topological polar surface area (TPSA) is 108 Å². The van der Waals surface area contributed by atoms with Gasteiger partial charge in [0.1, 0.15) is 0 Å². The molecular formula is C19H26N2O6. The molecule has 0 aliphatic heterocycles. The molecule has 1 N–H and O–H groups in total. The molecule has 8 heteroatoms. The van der Waals surface area contributed by atoms with Gasteiger partial charge in [0, 0.05) is 12.1 Å². The summed E-state index contributed by atoms with van der Waals surface area (Å²) in [4.78, 5) is 34.7. The minimum absolute atomic E-state index is 0.00221. The second-order valence-electron chi connectivity index (χ2n) is 6.89. The molecule has 0 heterocycles. The molecule has 0 unspecified atom stereocenters. The molecule has 148 valence electrons. The van der Waals surface area contributed by atoms with E-state index in [9.17, 15) is 19.7 Å². The van der Waals surface area contributed by atoms with E-state index in [0.717, 1.165) is 25.3 Å². The van der Waals surface area contributed by atoms with Crippen LogP contribution in [0.25, 0.3) is 0 Å². The van der Waals surface area contributed by atoms with Crippen molar-refractivity contribution in [3.63, 3.8) is 0 Å². The number of nitro groups is 1. The van der Waals surface area contributed by atoms with Crippen molar-refractivity contribution in [2.75, 3.05) is 13.2 Å². The van der Waals surface area contributed by atoms with Gasteiger partial charge in [-0.05, 0) is 37.3 Å². The van der Waals surface area contributed by atoms with Crippen molar-refractivity contribution < 1.29 is 24.0 Å². The molecule has 0 aromatic heterocycles. The Bertz CT molecular complexity index is 705. The van der Waals surface area contributed by atoms with Crippen molar-refractivity contribution in [1.82, 2.24) is 5.32 Å². The first kappa shape index (κ1) is 20.7. The summed E-state index contributed by atoms with van der Waals surface area (Å²) in [6.07, 6.45) is 3.13. The third-order valence-corrected chi connectivity index (χ3v) is 5.08. The lowest BCUT2D eigenvalue weighted by Gasteiger charge is -2.34. The Labute approximate surface area is 158 Å². The van der Waals surface area contributed by atoms with Crippen LogP contribution in [0.15, 0.2) is 18.2 Å². The van der Waals surface area contributed by atoms with Gasteiger partial charge in [-0.1, -0.05) is 26.7 Å². The highest BCUT2D eigenvalue weighted by atomic mass is 16.6. The fraction of sp³-hybridized carbons (Fsp3) is 0.579. The summed E-state index contributed by atoms with van der Waals surface area (Å²) in [7, 11) is 0. The van der Waals surface area contributed by atoms with Crippen LogP contribution in [0.3, 0.4) is 0 Å². The van der Waals surface area contributed by atoms with E-state index < -0.39 is 17.5 Å². The second-order valence-corrected chi connectivity index (χ2v) is 6.89. The number of carbonyl (C=O) groups excluding carboxylic acids is 2. The highest BCUT2D eigenvalue weighted by molar-refractivity contribution is 5.92. The standard InChI is InChI=1S/C19H26N2O6/c1-4-26-17-9-8-14(10-16(17)21(24)25)19(23)27-11-18(22)20-15-7-5-6-12(2)13(15)3/h8-10,12-13,15H,4-7,11H2,1-3H3,(H,20,22)/t12-,13-,15+/m0/s1. The number of esters is 1. The maximum atomic E-state index is 12.1. The summed E-state index contributed by atoms with van der Waals surface area (Å²) in [5.41, 5.74) is -0.321. The fourth-order valence-corrected chi connectivity index (χ4v) is 3.31. The Morgan fingerprint density at radius 1 is 1.30 bits per heavy atom. The van der Waals surface area contributed by atoms with Crippen molar-refractivity contribution in [2.24, 2.45) is 11.8 Å². The number of ether oxygens (including phenoxy) is 2. The highest BCUT2D eigenvalue weighted by Gasteiger charge is 2.28.